The van der Waals surface area contributed by atoms with Crippen LogP contribution in [0.3, 0.4) is 0 Å². The van der Waals surface area contributed by atoms with Crippen LogP contribution in [0.4, 0.5) is 0 Å². The van der Waals surface area contributed by atoms with Crippen LogP contribution in [0.1, 0.15) is 16.7 Å². The van der Waals surface area contributed by atoms with Gasteiger partial charge in [0.25, 0.3) is 0 Å². The van der Waals surface area contributed by atoms with E-state index in [1.54, 1.807) is 0 Å². The first-order chi connectivity index (χ1) is 10.3. The highest BCUT2D eigenvalue weighted by molar-refractivity contribution is 14.1. The first-order valence-electron chi connectivity index (χ1n) is 7.20. The molecule has 1 aliphatic carbocycles. The Labute approximate surface area is 138 Å². The molecule has 2 aromatic carbocycles. The van der Waals surface area contributed by atoms with Crippen molar-refractivity contribution < 1.29 is 0 Å². The lowest BCUT2D eigenvalue weighted by Gasteiger charge is -2.18. The Bertz CT molecular complexity index is 790. The van der Waals surface area contributed by atoms with Gasteiger partial charge in [0.05, 0.1) is 12.2 Å². The fourth-order valence-electron chi connectivity index (χ4n) is 3.09. The molecular formula is C18H15IN2. The third-order valence-corrected chi connectivity index (χ3v) is 4.96. The second kappa shape index (κ2) is 5.30. The number of rotatable bonds is 2. The standard InChI is InChI=1S/C18H15IN2/c19-18-16-11-10-14-8-4-5-9-15(14)17(16)21(20-18)12-13-6-2-1-3-7-13/h1-9H,10-12H2. The summed E-state index contributed by atoms with van der Waals surface area (Å²) in [5.41, 5.74) is 6.80. The molecule has 0 saturated heterocycles. The summed E-state index contributed by atoms with van der Waals surface area (Å²) in [5, 5.41) is 4.79. The average molecular weight is 386 g/mol. The molecule has 0 atom stereocenters. The van der Waals surface area contributed by atoms with Gasteiger partial charge in [-0.25, -0.2) is 0 Å². The molecule has 1 aliphatic rings. The van der Waals surface area contributed by atoms with Gasteiger partial charge in [0.1, 0.15) is 3.70 Å². The van der Waals surface area contributed by atoms with Gasteiger partial charge in [-0.2, -0.15) is 5.10 Å². The van der Waals surface area contributed by atoms with E-state index in [-0.39, 0.29) is 0 Å². The maximum Gasteiger partial charge on any atom is 0.127 e. The molecule has 4 rings (SSSR count). The fourth-order valence-corrected chi connectivity index (χ4v) is 3.88. The van der Waals surface area contributed by atoms with E-state index in [0.717, 1.165) is 23.1 Å². The van der Waals surface area contributed by atoms with Gasteiger partial charge in [0.2, 0.25) is 0 Å². The molecule has 0 spiro atoms. The molecule has 3 heteroatoms. The number of fused-ring (bicyclic) bond motifs is 3. The summed E-state index contributed by atoms with van der Waals surface area (Å²) >= 11 is 2.37. The van der Waals surface area contributed by atoms with Gasteiger partial charge in [-0.15, -0.1) is 0 Å². The van der Waals surface area contributed by atoms with Gasteiger partial charge in [-0.3, -0.25) is 4.68 Å². The van der Waals surface area contributed by atoms with Gasteiger partial charge in [-0.1, -0.05) is 54.6 Å². The van der Waals surface area contributed by atoms with Crippen molar-refractivity contribution in [2.45, 2.75) is 19.4 Å². The molecule has 21 heavy (non-hydrogen) atoms. The molecule has 0 fully saturated rings. The van der Waals surface area contributed by atoms with Crippen LogP contribution in [-0.4, -0.2) is 9.78 Å². The molecular weight excluding hydrogens is 371 g/mol. The monoisotopic (exact) mass is 386 g/mol. The van der Waals surface area contributed by atoms with E-state index in [2.05, 4.69) is 81.9 Å². The Morgan fingerprint density at radius 2 is 1.71 bits per heavy atom. The molecule has 104 valence electrons. The Morgan fingerprint density at radius 3 is 2.57 bits per heavy atom. The molecule has 0 N–H and O–H groups in total. The third kappa shape index (κ3) is 2.29. The summed E-state index contributed by atoms with van der Waals surface area (Å²) in [6, 6.07) is 19.3. The molecule has 0 bridgehead atoms. The lowest BCUT2D eigenvalue weighted by Crippen LogP contribution is -2.09. The van der Waals surface area contributed by atoms with E-state index in [9.17, 15) is 0 Å². The maximum atomic E-state index is 4.79. The molecule has 0 amide bonds. The fraction of sp³-hybridized carbons (Fsp3) is 0.167. The van der Waals surface area contributed by atoms with Crippen molar-refractivity contribution in [2.75, 3.05) is 0 Å². The molecule has 1 aromatic heterocycles. The zero-order valence-electron chi connectivity index (χ0n) is 11.6. The highest BCUT2D eigenvalue weighted by Crippen LogP contribution is 2.35. The highest BCUT2D eigenvalue weighted by Gasteiger charge is 2.23. The molecule has 1 heterocycles. The Hall–Kier alpha value is -1.62. The third-order valence-electron chi connectivity index (χ3n) is 4.09. The number of hydrogen-bond acceptors (Lipinski definition) is 1. The van der Waals surface area contributed by atoms with Crippen molar-refractivity contribution >= 4 is 22.6 Å². The second-order valence-corrected chi connectivity index (χ2v) is 6.44. The van der Waals surface area contributed by atoms with E-state index in [1.807, 2.05) is 0 Å². The second-order valence-electron chi connectivity index (χ2n) is 5.42. The van der Waals surface area contributed by atoms with Crippen LogP contribution in [0.5, 0.6) is 0 Å². The zero-order valence-corrected chi connectivity index (χ0v) is 13.7. The Kier molecular flexibility index (Phi) is 3.30. The van der Waals surface area contributed by atoms with Gasteiger partial charge in [0, 0.05) is 11.1 Å². The van der Waals surface area contributed by atoms with Crippen LogP contribution in [0, 0.1) is 3.70 Å². The first kappa shape index (κ1) is 13.1. The molecule has 0 unspecified atom stereocenters. The lowest BCUT2D eigenvalue weighted by atomic mass is 9.90. The number of halogens is 1. The number of aryl methyl sites for hydroxylation is 1. The van der Waals surface area contributed by atoms with Crippen LogP contribution >= 0.6 is 22.6 Å². The van der Waals surface area contributed by atoms with Crippen molar-refractivity contribution in [3.63, 3.8) is 0 Å². The molecule has 0 radical (unpaired) electrons. The molecule has 3 aromatic rings. The highest BCUT2D eigenvalue weighted by atomic mass is 127. The van der Waals surface area contributed by atoms with Crippen molar-refractivity contribution in [1.82, 2.24) is 9.78 Å². The summed E-state index contributed by atoms with van der Waals surface area (Å²) in [6.45, 7) is 0.834. The molecule has 0 aliphatic heterocycles. The van der Waals surface area contributed by atoms with Gasteiger partial charge < -0.3 is 0 Å². The van der Waals surface area contributed by atoms with E-state index < -0.39 is 0 Å². The predicted octanol–water partition coefficient (Wildman–Crippen LogP) is 4.30. The smallest absolute Gasteiger partial charge is 0.127 e. The van der Waals surface area contributed by atoms with Crippen molar-refractivity contribution in [1.29, 1.82) is 0 Å². The number of nitrogens with zero attached hydrogens (tertiary/aromatic N) is 2. The van der Waals surface area contributed by atoms with Crippen molar-refractivity contribution in [3.8, 4) is 11.3 Å². The van der Waals surface area contributed by atoms with Crippen LogP contribution in [0.15, 0.2) is 54.6 Å². The average Bonchev–Trinajstić information content (AvgIpc) is 2.85. The van der Waals surface area contributed by atoms with E-state index in [4.69, 9.17) is 5.10 Å². The normalized spacial score (nSPS) is 12.8. The van der Waals surface area contributed by atoms with Crippen molar-refractivity contribution in [2.24, 2.45) is 0 Å². The van der Waals surface area contributed by atoms with E-state index in [0.29, 0.717) is 0 Å². The van der Waals surface area contributed by atoms with Crippen LogP contribution < -0.4 is 0 Å². The predicted molar refractivity (Wildman–Crippen MR) is 93.3 cm³/mol. The summed E-state index contributed by atoms with van der Waals surface area (Å²) < 4.78 is 3.32. The number of aromatic nitrogens is 2. The number of hydrogen-bond donors (Lipinski definition) is 0. The summed E-state index contributed by atoms with van der Waals surface area (Å²) in [7, 11) is 0. The minimum absolute atomic E-state index is 0.834. The SMILES string of the molecule is Ic1nn(Cc2ccccc2)c2c1CCc1ccccc1-2. The largest absolute Gasteiger partial charge is 0.259 e. The molecule has 0 saturated carbocycles. The maximum absolute atomic E-state index is 4.79. The van der Waals surface area contributed by atoms with Gasteiger partial charge in [-0.05, 0) is 46.6 Å². The lowest BCUT2D eigenvalue weighted by molar-refractivity contribution is 0.686. The van der Waals surface area contributed by atoms with Gasteiger partial charge >= 0.3 is 0 Å². The Morgan fingerprint density at radius 1 is 0.952 bits per heavy atom. The zero-order chi connectivity index (χ0) is 14.2. The first-order valence-corrected chi connectivity index (χ1v) is 8.28. The topological polar surface area (TPSA) is 17.8 Å². The van der Waals surface area contributed by atoms with Crippen LogP contribution in [0.25, 0.3) is 11.3 Å². The van der Waals surface area contributed by atoms with Crippen molar-refractivity contribution in [3.05, 3.63) is 75.0 Å². The summed E-state index contributed by atoms with van der Waals surface area (Å²) in [6.07, 6.45) is 2.22. The van der Waals surface area contributed by atoms with Crippen LogP contribution in [0.2, 0.25) is 0 Å². The molecule has 2 nitrogen and oxygen atoms in total. The quantitative estimate of drug-likeness (QED) is 0.601. The minimum Gasteiger partial charge on any atom is -0.259 e. The van der Waals surface area contributed by atoms with E-state index in [1.165, 1.54) is 27.9 Å². The minimum atomic E-state index is 0.834. The number of benzene rings is 2. The Balaban J connectivity index is 1.85. The van der Waals surface area contributed by atoms with Gasteiger partial charge in [0.15, 0.2) is 0 Å². The summed E-state index contributed by atoms with van der Waals surface area (Å²) in [5.74, 6) is 0. The van der Waals surface area contributed by atoms with Crippen LogP contribution in [-0.2, 0) is 19.4 Å². The van der Waals surface area contributed by atoms with E-state index >= 15 is 0 Å². The summed E-state index contributed by atoms with van der Waals surface area (Å²) in [4.78, 5) is 0.